The van der Waals surface area contributed by atoms with Gasteiger partial charge in [-0.1, -0.05) is 0 Å². The second-order valence-electron chi connectivity index (χ2n) is 3.62. The number of hydrogen-bond acceptors (Lipinski definition) is 2. The first-order valence-corrected chi connectivity index (χ1v) is 7.19. The van der Waals surface area contributed by atoms with E-state index in [4.69, 9.17) is 9.69 Å². The topological polar surface area (TPSA) is 33.0 Å². The van der Waals surface area contributed by atoms with Crippen LogP contribution in [0, 0.1) is 11.3 Å². The van der Waals surface area contributed by atoms with Crippen molar-refractivity contribution < 1.29 is 17.6 Å². The van der Waals surface area contributed by atoms with Crippen molar-refractivity contribution in [3.05, 3.63) is 0 Å². The smallest absolute Gasteiger partial charge is 0.405 e. The second kappa shape index (κ2) is 4.11. The molecule has 0 aromatic rings. The van der Waals surface area contributed by atoms with Gasteiger partial charge in [0.25, 0.3) is 0 Å². The van der Waals surface area contributed by atoms with Gasteiger partial charge in [-0.25, -0.2) is 0 Å². The molecule has 0 aliphatic carbocycles. The van der Waals surface area contributed by atoms with Crippen LogP contribution in [-0.4, -0.2) is 20.6 Å². The van der Waals surface area contributed by atoms with Gasteiger partial charge in [0.05, 0.1) is 12.5 Å². The summed E-state index contributed by atoms with van der Waals surface area (Å²) in [5, 5.41) is 8.18. The fraction of sp³-hybridized carbons (Fsp3) is 0.857. The van der Waals surface area contributed by atoms with Crippen LogP contribution < -0.4 is 0 Å². The molecule has 0 radical (unpaired) electrons. The zero-order chi connectivity index (χ0) is 10.7. The Balaban J connectivity index is 4.38. The van der Waals surface area contributed by atoms with E-state index in [0.29, 0.717) is 0 Å². The average molecular weight is 211 g/mol. The maximum atomic E-state index is 12.2. The van der Waals surface area contributed by atoms with Crippen LogP contribution in [0.2, 0.25) is 19.6 Å². The minimum atomic E-state index is -4.43. The Bertz CT molecular complexity index is 203. The summed E-state index contributed by atoms with van der Waals surface area (Å²) in [6, 6.07) is 1.47. The minimum absolute atomic E-state index is 0.631. The first-order valence-electron chi connectivity index (χ1n) is 3.78. The quantitative estimate of drug-likeness (QED) is 0.672. The Hall–Kier alpha value is -0.543. The molecular formula is C7H12F3NOSi. The Morgan fingerprint density at radius 1 is 1.38 bits per heavy atom. The molecule has 0 aliphatic heterocycles. The summed E-state index contributed by atoms with van der Waals surface area (Å²) in [7, 11) is -2.24. The highest BCUT2D eigenvalue weighted by Gasteiger charge is 2.42. The lowest BCUT2D eigenvalue weighted by Gasteiger charge is -2.26. The van der Waals surface area contributed by atoms with Gasteiger partial charge in [-0.3, -0.25) is 0 Å². The molecule has 0 aromatic heterocycles. The van der Waals surface area contributed by atoms with Crippen molar-refractivity contribution in [2.45, 2.75) is 38.3 Å². The van der Waals surface area contributed by atoms with Crippen molar-refractivity contribution in [2.24, 2.45) is 0 Å². The predicted molar refractivity (Wildman–Crippen MR) is 44.5 cm³/mol. The summed E-state index contributed by atoms with van der Waals surface area (Å²) < 4.78 is 41.4. The number of halogens is 3. The van der Waals surface area contributed by atoms with Crippen molar-refractivity contribution in [2.75, 3.05) is 0 Å². The van der Waals surface area contributed by atoms with Crippen molar-refractivity contribution in [1.29, 1.82) is 5.26 Å². The van der Waals surface area contributed by atoms with Gasteiger partial charge in [0.2, 0.25) is 0 Å². The minimum Gasteiger partial charge on any atom is -0.405 e. The van der Waals surface area contributed by atoms with Crippen LogP contribution in [0.1, 0.15) is 6.42 Å². The molecule has 0 saturated carbocycles. The molecule has 1 atom stereocenters. The third kappa shape index (κ3) is 5.66. The van der Waals surface area contributed by atoms with Crippen LogP contribution in [0.15, 0.2) is 0 Å². The lowest BCUT2D eigenvalue weighted by molar-refractivity contribution is -0.195. The zero-order valence-corrected chi connectivity index (χ0v) is 8.77. The Morgan fingerprint density at radius 2 is 1.85 bits per heavy atom. The highest BCUT2D eigenvalue weighted by atomic mass is 28.4. The molecule has 0 aromatic carbocycles. The fourth-order valence-corrected chi connectivity index (χ4v) is 1.80. The molecule has 2 nitrogen and oxygen atoms in total. The van der Waals surface area contributed by atoms with E-state index in [2.05, 4.69) is 0 Å². The lowest BCUT2D eigenvalue weighted by atomic mass is 10.3. The van der Waals surface area contributed by atoms with Gasteiger partial charge in [0.15, 0.2) is 14.4 Å². The van der Waals surface area contributed by atoms with Crippen LogP contribution in [0.5, 0.6) is 0 Å². The SMILES string of the molecule is C[Si](C)(C)O[C@@H](CC#N)C(F)(F)F. The van der Waals surface area contributed by atoms with E-state index >= 15 is 0 Å². The van der Waals surface area contributed by atoms with E-state index in [1.165, 1.54) is 6.07 Å². The van der Waals surface area contributed by atoms with Crippen LogP contribution in [0.25, 0.3) is 0 Å². The molecule has 0 bridgehead atoms. The van der Waals surface area contributed by atoms with Gasteiger partial charge in [0.1, 0.15) is 0 Å². The van der Waals surface area contributed by atoms with Gasteiger partial charge in [0, 0.05) is 0 Å². The fourth-order valence-electron chi connectivity index (χ4n) is 0.734. The third-order valence-electron chi connectivity index (χ3n) is 1.14. The Kier molecular flexibility index (Phi) is 3.94. The van der Waals surface area contributed by atoms with Gasteiger partial charge in [-0.15, -0.1) is 0 Å². The summed E-state index contributed by atoms with van der Waals surface area (Å²) in [4.78, 5) is 0. The molecule has 0 rings (SSSR count). The summed E-state index contributed by atoms with van der Waals surface area (Å²) in [6.07, 6.45) is -6.99. The van der Waals surface area contributed by atoms with Gasteiger partial charge in [-0.05, 0) is 19.6 Å². The number of hydrogen-bond donors (Lipinski definition) is 0. The molecule has 76 valence electrons. The first-order chi connectivity index (χ1) is 5.67. The molecule has 0 spiro atoms. The average Bonchev–Trinajstić information content (AvgIpc) is 1.81. The highest BCUT2D eigenvalue weighted by Crippen LogP contribution is 2.27. The largest absolute Gasteiger partial charge is 0.414 e. The Labute approximate surface area is 76.4 Å². The second-order valence-corrected chi connectivity index (χ2v) is 8.08. The number of nitrogens with zero attached hydrogens (tertiary/aromatic N) is 1. The van der Waals surface area contributed by atoms with Gasteiger partial charge in [-0.2, -0.15) is 18.4 Å². The van der Waals surface area contributed by atoms with E-state index in [1.54, 1.807) is 19.6 Å². The molecule has 6 heteroatoms. The van der Waals surface area contributed by atoms with Crippen LogP contribution in [0.4, 0.5) is 13.2 Å². The van der Waals surface area contributed by atoms with Gasteiger partial charge >= 0.3 is 6.18 Å². The molecule has 0 unspecified atom stereocenters. The van der Waals surface area contributed by atoms with Gasteiger partial charge < -0.3 is 4.43 Å². The van der Waals surface area contributed by atoms with E-state index in [-0.39, 0.29) is 0 Å². The molecular weight excluding hydrogens is 199 g/mol. The number of nitriles is 1. The predicted octanol–water partition coefficient (Wildman–Crippen LogP) is 2.68. The molecule has 0 aliphatic rings. The summed E-state index contributed by atoms with van der Waals surface area (Å²) in [5.41, 5.74) is 0. The molecule has 0 amide bonds. The van der Waals surface area contributed by atoms with Crippen LogP contribution >= 0.6 is 0 Å². The van der Waals surface area contributed by atoms with E-state index < -0.39 is 27.0 Å². The molecule has 0 heterocycles. The molecule has 0 N–H and O–H groups in total. The normalized spacial score (nSPS) is 15.2. The summed E-state index contributed by atoms with van der Waals surface area (Å²) in [6.45, 7) is 4.97. The van der Waals surface area contributed by atoms with Crippen molar-refractivity contribution in [3.63, 3.8) is 0 Å². The monoisotopic (exact) mass is 211 g/mol. The number of alkyl halides is 3. The maximum absolute atomic E-state index is 12.2. The standard InChI is InChI=1S/C7H12F3NOSi/c1-13(2,3)12-6(4-5-11)7(8,9)10/h6H,4H2,1-3H3/t6-/m0/s1. The number of rotatable bonds is 3. The van der Waals surface area contributed by atoms with Crippen molar-refractivity contribution in [1.82, 2.24) is 0 Å². The molecule has 0 saturated heterocycles. The highest BCUT2D eigenvalue weighted by molar-refractivity contribution is 6.69. The third-order valence-corrected chi connectivity index (χ3v) is 2.13. The van der Waals surface area contributed by atoms with Crippen molar-refractivity contribution in [3.8, 4) is 6.07 Å². The maximum Gasteiger partial charge on any atom is 0.414 e. The molecule has 0 fully saturated rings. The van der Waals surface area contributed by atoms with E-state index in [0.717, 1.165) is 0 Å². The summed E-state index contributed by atoms with van der Waals surface area (Å²) in [5.74, 6) is 0. The zero-order valence-electron chi connectivity index (χ0n) is 7.77. The Morgan fingerprint density at radius 3 is 2.08 bits per heavy atom. The van der Waals surface area contributed by atoms with Crippen LogP contribution in [-0.2, 0) is 4.43 Å². The first kappa shape index (κ1) is 12.5. The molecule has 13 heavy (non-hydrogen) atoms. The lowest BCUT2D eigenvalue weighted by Crippen LogP contribution is -2.40. The van der Waals surface area contributed by atoms with Crippen molar-refractivity contribution >= 4 is 8.32 Å². The summed E-state index contributed by atoms with van der Waals surface area (Å²) >= 11 is 0. The van der Waals surface area contributed by atoms with Crippen LogP contribution in [0.3, 0.4) is 0 Å². The van der Waals surface area contributed by atoms with E-state index in [9.17, 15) is 13.2 Å². The van der Waals surface area contributed by atoms with E-state index in [1.807, 2.05) is 0 Å².